The van der Waals surface area contributed by atoms with Crippen molar-refractivity contribution in [2.24, 2.45) is 4.99 Å². The molecule has 0 bridgehead atoms. The second-order valence-corrected chi connectivity index (χ2v) is 10.2. The fraction of sp³-hybridized carbons (Fsp3) is 0.387. The monoisotopic (exact) mass is 600 g/mol. The van der Waals surface area contributed by atoms with Crippen molar-refractivity contribution < 1.29 is 51.1 Å². The minimum absolute atomic E-state index is 0.122. The van der Waals surface area contributed by atoms with Gasteiger partial charge < -0.3 is 56.4 Å². The lowest BCUT2D eigenvalue weighted by Crippen LogP contribution is -2.47. The summed E-state index contributed by atoms with van der Waals surface area (Å²) in [6, 6.07) is 17.0. The van der Waals surface area contributed by atoms with Gasteiger partial charge in [0.1, 0.15) is 42.7 Å². The zero-order valence-electron chi connectivity index (χ0n) is 23.4. The Morgan fingerprint density at radius 2 is 1.07 bits per heavy atom. The molecule has 0 spiro atoms. The van der Waals surface area contributed by atoms with E-state index in [0.29, 0.717) is 11.4 Å². The summed E-state index contributed by atoms with van der Waals surface area (Å²) in [4.78, 5) is 4.26. The summed E-state index contributed by atoms with van der Waals surface area (Å²) < 4.78 is 0. The highest BCUT2D eigenvalue weighted by molar-refractivity contribution is 6.07. The van der Waals surface area contributed by atoms with Gasteiger partial charge in [-0.25, -0.2) is 0 Å². The van der Waals surface area contributed by atoms with Crippen molar-refractivity contribution in [2.75, 3.05) is 31.6 Å². The van der Waals surface area contributed by atoms with Crippen LogP contribution in [0.4, 0.5) is 5.69 Å². The van der Waals surface area contributed by atoms with Crippen LogP contribution in [-0.4, -0.2) is 132 Å². The van der Waals surface area contributed by atoms with Gasteiger partial charge in [0.2, 0.25) is 0 Å². The predicted molar refractivity (Wildman–Crippen MR) is 160 cm³/mol. The van der Waals surface area contributed by atoms with Gasteiger partial charge in [-0.3, -0.25) is 4.99 Å². The maximum Gasteiger partial charge on any atom is 0.111 e. The molecule has 0 amide bonds. The summed E-state index contributed by atoms with van der Waals surface area (Å²) >= 11 is 0. The molecule has 43 heavy (non-hydrogen) atoms. The molecule has 234 valence electrons. The molecule has 0 saturated heterocycles. The van der Waals surface area contributed by atoms with E-state index in [1.165, 1.54) is 0 Å². The van der Waals surface area contributed by atoms with E-state index < -0.39 is 62.0 Å². The molecular formula is C31H40N2O10. The number of nitrogens with zero attached hydrogens (tertiary/aromatic N) is 1. The number of allylic oxidation sites excluding steroid dienone is 5. The molecule has 12 heteroatoms. The van der Waals surface area contributed by atoms with E-state index in [4.69, 9.17) is 10.2 Å². The molecule has 0 aromatic heterocycles. The minimum Gasteiger partial charge on any atom is -0.394 e. The number of aliphatic hydroxyl groups is 10. The molecule has 1 aliphatic rings. The number of rotatable bonds is 15. The summed E-state index contributed by atoms with van der Waals surface area (Å²) in [6.07, 6.45) is -5.66. The second-order valence-electron chi connectivity index (χ2n) is 10.2. The van der Waals surface area contributed by atoms with Crippen molar-refractivity contribution >= 4 is 17.0 Å². The normalized spacial score (nSPS) is 18.7. The maximum atomic E-state index is 10.2. The van der Waals surface area contributed by atoms with Gasteiger partial charge in [-0.05, 0) is 46.6 Å². The first kappa shape index (κ1) is 34.2. The Kier molecular flexibility index (Phi) is 13.2. The Balaban J connectivity index is 1.74. The van der Waals surface area contributed by atoms with Crippen LogP contribution in [-0.2, 0) is 0 Å². The Morgan fingerprint density at radius 3 is 1.60 bits per heavy atom. The standard InChI is InChI=1S/C31H40N2O10/c34-16-25(38)30(42)28(40)23(36)14-32-21-10-6-19(7-11-21)27(18-4-2-1-3-5-18)20-8-12-22(13-9-20)33-15-24(37)29(41)31(43)26(39)17-35/h1-13,23-26,28-32,34-43H,14-17H2. The van der Waals surface area contributed by atoms with Gasteiger partial charge >= 0.3 is 0 Å². The van der Waals surface area contributed by atoms with Crippen LogP contribution in [0.2, 0.25) is 0 Å². The van der Waals surface area contributed by atoms with E-state index in [1.807, 2.05) is 54.6 Å². The van der Waals surface area contributed by atoms with Crippen LogP contribution in [0, 0.1) is 0 Å². The fourth-order valence-corrected chi connectivity index (χ4v) is 4.37. The SMILES string of the molecule is OCC(O)C(O)C(O)C(O)CN=C1C=CC(=C(c2ccccc2)c2ccc(NCC(O)C(O)C(O)C(O)CO)cc2)C=C1. The van der Waals surface area contributed by atoms with Crippen molar-refractivity contribution in [1.29, 1.82) is 0 Å². The predicted octanol–water partition coefficient (Wildman–Crippen LogP) is -1.66. The highest BCUT2D eigenvalue weighted by Crippen LogP contribution is 2.30. The Hall–Kier alpha value is -3.27. The van der Waals surface area contributed by atoms with Crippen molar-refractivity contribution in [3.05, 3.63) is 95.6 Å². The molecule has 2 aromatic carbocycles. The van der Waals surface area contributed by atoms with E-state index in [9.17, 15) is 40.9 Å². The summed E-state index contributed by atoms with van der Waals surface area (Å²) in [5, 5.41) is 99.7. The van der Waals surface area contributed by atoms with E-state index >= 15 is 0 Å². The zero-order chi connectivity index (χ0) is 31.5. The van der Waals surface area contributed by atoms with E-state index in [2.05, 4.69) is 10.3 Å². The van der Waals surface area contributed by atoms with E-state index in [-0.39, 0.29) is 13.1 Å². The average Bonchev–Trinajstić information content (AvgIpc) is 3.05. The molecule has 8 unspecified atom stereocenters. The topological polar surface area (TPSA) is 227 Å². The molecule has 2 aromatic rings. The molecule has 0 saturated carbocycles. The summed E-state index contributed by atoms with van der Waals surface area (Å²) in [5.41, 5.74) is 4.73. The number of nitrogens with one attached hydrogen (secondary N) is 1. The van der Waals surface area contributed by atoms with Crippen LogP contribution in [0.25, 0.3) is 5.57 Å². The molecule has 0 aliphatic heterocycles. The Bertz CT molecular complexity index is 1250. The first-order valence-electron chi connectivity index (χ1n) is 13.8. The van der Waals surface area contributed by atoms with Crippen LogP contribution in [0.5, 0.6) is 0 Å². The average molecular weight is 601 g/mol. The number of hydrogen-bond donors (Lipinski definition) is 11. The van der Waals surface area contributed by atoms with Crippen LogP contribution in [0.1, 0.15) is 11.1 Å². The first-order valence-corrected chi connectivity index (χ1v) is 13.8. The van der Waals surface area contributed by atoms with E-state index in [1.54, 1.807) is 24.3 Å². The largest absolute Gasteiger partial charge is 0.394 e. The Morgan fingerprint density at radius 1 is 0.581 bits per heavy atom. The van der Waals surface area contributed by atoms with Gasteiger partial charge in [-0.1, -0.05) is 54.6 Å². The number of aliphatic hydroxyl groups excluding tert-OH is 10. The molecule has 3 rings (SSSR count). The highest BCUT2D eigenvalue weighted by Gasteiger charge is 2.30. The van der Waals surface area contributed by atoms with Gasteiger partial charge in [-0.15, -0.1) is 0 Å². The van der Waals surface area contributed by atoms with Gasteiger partial charge in [0.15, 0.2) is 0 Å². The van der Waals surface area contributed by atoms with E-state index in [0.717, 1.165) is 22.3 Å². The van der Waals surface area contributed by atoms with Crippen LogP contribution < -0.4 is 5.32 Å². The molecule has 0 radical (unpaired) electrons. The molecule has 0 heterocycles. The smallest absolute Gasteiger partial charge is 0.111 e. The molecular weight excluding hydrogens is 560 g/mol. The molecule has 0 fully saturated rings. The number of benzene rings is 2. The quantitative estimate of drug-likeness (QED) is 0.111. The van der Waals surface area contributed by atoms with Crippen molar-refractivity contribution in [2.45, 2.75) is 48.8 Å². The third kappa shape index (κ3) is 9.36. The zero-order valence-corrected chi connectivity index (χ0v) is 23.4. The summed E-state index contributed by atoms with van der Waals surface area (Å²) in [6.45, 7) is -1.89. The van der Waals surface area contributed by atoms with Crippen LogP contribution in [0.3, 0.4) is 0 Å². The lowest BCUT2D eigenvalue weighted by Gasteiger charge is -2.26. The number of aliphatic imine (C=N–C) groups is 1. The number of anilines is 1. The van der Waals surface area contributed by atoms with Gasteiger partial charge in [0, 0.05) is 12.2 Å². The second kappa shape index (κ2) is 16.5. The van der Waals surface area contributed by atoms with Gasteiger partial charge in [0.25, 0.3) is 0 Å². The molecule has 8 atom stereocenters. The van der Waals surface area contributed by atoms with Crippen molar-refractivity contribution in [3.63, 3.8) is 0 Å². The third-order valence-corrected chi connectivity index (χ3v) is 7.02. The molecule has 11 N–H and O–H groups in total. The third-order valence-electron chi connectivity index (χ3n) is 7.02. The van der Waals surface area contributed by atoms with Crippen LogP contribution in [0.15, 0.2) is 89.5 Å². The van der Waals surface area contributed by atoms with Gasteiger partial charge in [0.05, 0.1) is 31.6 Å². The first-order chi connectivity index (χ1) is 20.6. The lowest BCUT2D eigenvalue weighted by atomic mass is 9.91. The maximum absolute atomic E-state index is 10.2. The fourth-order valence-electron chi connectivity index (χ4n) is 4.37. The Labute approximate surface area is 249 Å². The lowest BCUT2D eigenvalue weighted by molar-refractivity contribution is -0.112. The summed E-state index contributed by atoms with van der Waals surface area (Å²) in [5.74, 6) is 0. The minimum atomic E-state index is -1.72. The van der Waals surface area contributed by atoms with Crippen LogP contribution >= 0.6 is 0 Å². The highest BCUT2D eigenvalue weighted by atomic mass is 16.4. The molecule has 1 aliphatic carbocycles. The molecule has 12 nitrogen and oxygen atoms in total. The summed E-state index contributed by atoms with van der Waals surface area (Å²) in [7, 11) is 0. The van der Waals surface area contributed by atoms with Crippen molar-refractivity contribution in [3.8, 4) is 0 Å². The number of hydrogen-bond acceptors (Lipinski definition) is 12. The van der Waals surface area contributed by atoms with Crippen molar-refractivity contribution in [1.82, 2.24) is 0 Å². The van der Waals surface area contributed by atoms with Gasteiger partial charge in [-0.2, -0.15) is 0 Å².